The number of halogens is 1. The summed E-state index contributed by atoms with van der Waals surface area (Å²) in [6.45, 7) is 0. The third-order valence-electron chi connectivity index (χ3n) is 4.02. The minimum absolute atomic E-state index is 0.149. The Kier molecular flexibility index (Phi) is 5.24. The molecule has 0 radical (unpaired) electrons. The van der Waals surface area contributed by atoms with Crippen molar-refractivity contribution in [3.8, 4) is 0 Å². The first kappa shape index (κ1) is 18.1. The van der Waals surface area contributed by atoms with Crippen LogP contribution in [-0.4, -0.2) is 43.5 Å². The Hall–Kier alpha value is -1.74. The van der Waals surface area contributed by atoms with E-state index in [1.165, 1.54) is 26.7 Å². The maximum Gasteiger partial charge on any atom is 0.261 e. The predicted molar refractivity (Wildman–Crippen MR) is 100 cm³/mol. The number of hydrogen-bond donors (Lipinski definition) is 3. The van der Waals surface area contributed by atoms with Crippen LogP contribution in [0.25, 0.3) is 5.57 Å². The summed E-state index contributed by atoms with van der Waals surface area (Å²) in [6, 6.07) is 8.89. The summed E-state index contributed by atoms with van der Waals surface area (Å²) in [5, 5.41) is 20.9. The first-order chi connectivity index (χ1) is 11.9. The highest BCUT2D eigenvalue weighted by Gasteiger charge is 2.38. The highest BCUT2D eigenvalue weighted by molar-refractivity contribution is 7.77. The van der Waals surface area contributed by atoms with Crippen LogP contribution in [0.3, 0.4) is 0 Å². The van der Waals surface area contributed by atoms with Gasteiger partial charge < -0.3 is 15.1 Å². The topological polar surface area (TPSA) is 76.9 Å². The Morgan fingerprint density at radius 3 is 2.68 bits per heavy atom. The van der Waals surface area contributed by atoms with Crippen LogP contribution in [0.1, 0.15) is 23.0 Å². The average Bonchev–Trinajstić information content (AvgIpc) is 3.04. The molecule has 2 unspecified atom stereocenters. The fourth-order valence-electron chi connectivity index (χ4n) is 2.68. The second-order valence-electron chi connectivity index (χ2n) is 5.57. The Bertz CT molecular complexity index is 812. The first-order valence-corrected chi connectivity index (χ1v) is 9.02. The largest absolute Gasteiger partial charge is 0.493 e. The number of aliphatic hydroxyl groups excluding tert-OH is 2. The van der Waals surface area contributed by atoms with Crippen molar-refractivity contribution in [2.45, 2.75) is 18.7 Å². The summed E-state index contributed by atoms with van der Waals surface area (Å²) in [7, 11) is 1.61. The third kappa shape index (κ3) is 3.48. The van der Waals surface area contributed by atoms with Gasteiger partial charge in [0.25, 0.3) is 5.91 Å². The van der Waals surface area contributed by atoms with E-state index in [2.05, 4.69) is 17.8 Å². The van der Waals surface area contributed by atoms with Crippen molar-refractivity contribution in [2.75, 3.05) is 7.05 Å². The minimum Gasteiger partial charge on any atom is -0.493 e. The van der Waals surface area contributed by atoms with Crippen molar-refractivity contribution in [3.63, 3.8) is 0 Å². The molecule has 1 aliphatic rings. The third-order valence-corrected chi connectivity index (χ3v) is 5.70. The van der Waals surface area contributed by atoms with Gasteiger partial charge in [-0.1, -0.05) is 54.7 Å². The van der Waals surface area contributed by atoms with Gasteiger partial charge in [0, 0.05) is 19.7 Å². The number of rotatable bonds is 4. The van der Waals surface area contributed by atoms with Crippen LogP contribution >= 0.6 is 35.8 Å². The van der Waals surface area contributed by atoms with Crippen LogP contribution in [0.5, 0.6) is 0 Å². The Balaban J connectivity index is 1.88. The zero-order valence-corrected chi connectivity index (χ0v) is 15.7. The second-order valence-corrected chi connectivity index (χ2v) is 7.65. The number of thiol groups is 1. The van der Waals surface area contributed by atoms with Crippen LogP contribution in [0.15, 0.2) is 42.4 Å². The number of likely N-dealkylation sites (N-methyl/N-ethyl adjacent to an activating group) is 1. The van der Waals surface area contributed by atoms with Crippen LogP contribution in [-0.2, 0) is 4.79 Å². The molecule has 3 rings (SSSR count). The van der Waals surface area contributed by atoms with Crippen LogP contribution in [0.4, 0.5) is 0 Å². The van der Waals surface area contributed by atoms with Crippen molar-refractivity contribution in [1.82, 2.24) is 14.2 Å². The molecule has 0 bridgehead atoms. The SMILES string of the molecule is CN1C(=O)C(c2ccccc2)=C(O)N(S)C1CC(O)c1cnc(Cl)s1. The number of carbonyl (C=O) groups is 1. The van der Waals surface area contributed by atoms with E-state index in [4.69, 9.17) is 11.6 Å². The van der Waals surface area contributed by atoms with Gasteiger partial charge >= 0.3 is 0 Å². The van der Waals surface area contributed by atoms with Crippen molar-refractivity contribution in [3.05, 3.63) is 57.3 Å². The summed E-state index contributed by atoms with van der Waals surface area (Å²) in [6.07, 6.45) is 0.136. The standard InChI is InChI=1S/C16H16ClN3O3S2/c1-19-12(7-10(21)11-8-18-16(17)25-11)20(24)15(23)13(14(19)22)9-5-3-2-4-6-9/h2-6,8,10,12,21,23-24H,7H2,1H3. The maximum absolute atomic E-state index is 12.7. The van der Waals surface area contributed by atoms with E-state index in [0.717, 1.165) is 0 Å². The molecule has 1 aromatic heterocycles. The van der Waals surface area contributed by atoms with Crippen molar-refractivity contribution < 1.29 is 15.0 Å². The monoisotopic (exact) mass is 397 g/mol. The quantitative estimate of drug-likeness (QED) is 0.691. The average molecular weight is 398 g/mol. The molecular weight excluding hydrogens is 382 g/mol. The van der Waals surface area contributed by atoms with Gasteiger partial charge in [-0.25, -0.2) is 4.98 Å². The minimum atomic E-state index is -0.883. The number of aliphatic hydroxyl groups is 2. The molecule has 2 heterocycles. The molecular formula is C16H16ClN3O3S2. The number of benzene rings is 1. The molecule has 1 aromatic carbocycles. The fraction of sp³-hybridized carbons (Fsp3) is 0.250. The lowest BCUT2D eigenvalue weighted by Crippen LogP contribution is -2.50. The van der Waals surface area contributed by atoms with E-state index >= 15 is 0 Å². The zero-order valence-electron chi connectivity index (χ0n) is 13.2. The molecule has 9 heteroatoms. The van der Waals surface area contributed by atoms with Crippen LogP contribution < -0.4 is 0 Å². The smallest absolute Gasteiger partial charge is 0.261 e. The van der Waals surface area contributed by atoms with Crippen molar-refractivity contribution >= 4 is 47.2 Å². The van der Waals surface area contributed by atoms with E-state index in [1.807, 2.05) is 6.07 Å². The molecule has 0 aliphatic carbocycles. The number of nitrogens with zero attached hydrogens (tertiary/aromatic N) is 3. The molecule has 6 nitrogen and oxygen atoms in total. The summed E-state index contributed by atoms with van der Waals surface area (Å²) < 4.78 is 1.62. The van der Waals surface area contributed by atoms with Crippen LogP contribution in [0, 0.1) is 0 Å². The molecule has 0 saturated carbocycles. The van der Waals surface area contributed by atoms with Gasteiger partial charge in [-0.2, -0.15) is 0 Å². The number of thiazole rings is 1. The number of hydrogen-bond acceptors (Lipinski definition) is 7. The van der Waals surface area contributed by atoms with E-state index in [1.54, 1.807) is 31.3 Å². The van der Waals surface area contributed by atoms with Gasteiger partial charge in [-0.15, -0.1) is 11.3 Å². The molecule has 0 saturated heterocycles. The molecule has 132 valence electrons. The van der Waals surface area contributed by atoms with Crippen LogP contribution in [0.2, 0.25) is 4.47 Å². The van der Waals surface area contributed by atoms with Gasteiger partial charge in [-0.05, 0) is 5.56 Å². The fourth-order valence-corrected chi connectivity index (χ4v) is 3.98. The number of amides is 1. The highest BCUT2D eigenvalue weighted by Crippen LogP contribution is 2.35. The molecule has 1 amide bonds. The van der Waals surface area contributed by atoms with E-state index in [9.17, 15) is 15.0 Å². The lowest BCUT2D eigenvalue weighted by atomic mass is 10.0. The predicted octanol–water partition coefficient (Wildman–Crippen LogP) is 3.09. The normalized spacial score (nSPS) is 19.5. The lowest BCUT2D eigenvalue weighted by molar-refractivity contribution is -0.130. The molecule has 1 aliphatic heterocycles. The van der Waals surface area contributed by atoms with E-state index in [0.29, 0.717) is 14.9 Å². The van der Waals surface area contributed by atoms with Gasteiger partial charge in [0.2, 0.25) is 5.88 Å². The van der Waals surface area contributed by atoms with Crippen molar-refractivity contribution in [2.24, 2.45) is 0 Å². The van der Waals surface area contributed by atoms with E-state index < -0.39 is 12.3 Å². The number of aromatic nitrogens is 1. The molecule has 0 spiro atoms. The Labute approximate surface area is 159 Å². The summed E-state index contributed by atoms with van der Waals surface area (Å²) >= 11 is 11.3. The maximum atomic E-state index is 12.7. The summed E-state index contributed by atoms with van der Waals surface area (Å²) in [5.41, 5.74) is 0.772. The second kappa shape index (κ2) is 7.25. The Morgan fingerprint density at radius 1 is 1.40 bits per heavy atom. The van der Waals surface area contributed by atoms with Gasteiger partial charge in [-0.3, -0.25) is 9.10 Å². The van der Waals surface area contributed by atoms with Gasteiger partial charge in [0.05, 0.1) is 11.0 Å². The number of carbonyl (C=O) groups excluding carboxylic acids is 1. The lowest BCUT2D eigenvalue weighted by Gasteiger charge is -2.40. The molecule has 0 fully saturated rings. The molecule has 2 N–H and O–H groups in total. The van der Waals surface area contributed by atoms with Gasteiger partial charge in [0.1, 0.15) is 11.7 Å². The summed E-state index contributed by atoms with van der Waals surface area (Å²) in [4.78, 5) is 18.7. The summed E-state index contributed by atoms with van der Waals surface area (Å²) in [5.74, 6) is -0.578. The molecule has 2 atom stereocenters. The van der Waals surface area contributed by atoms with Crippen molar-refractivity contribution in [1.29, 1.82) is 0 Å². The molecule has 25 heavy (non-hydrogen) atoms. The highest BCUT2D eigenvalue weighted by atomic mass is 35.5. The zero-order chi connectivity index (χ0) is 18.1. The molecule has 2 aromatic rings. The van der Waals surface area contributed by atoms with Gasteiger partial charge in [0.15, 0.2) is 4.47 Å². The first-order valence-electron chi connectivity index (χ1n) is 7.43. The Morgan fingerprint density at radius 2 is 2.08 bits per heavy atom. The van der Waals surface area contributed by atoms with E-state index in [-0.39, 0.29) is 23.8 Å².